The monoisotopic (exact) mass is 236 g/mol. The van der Waals surface area contributed by atoms with E-state index in [1.165, 1.54) is 19.3 Å². The Balaban J connectivity index is 1.78. The minimum absolute atomic E-state index is 0.369. The number of pyridine rings is 1. The van der Waals surface area contributed by atoms with Crippen molar-refractivity contribution < 1.29 is 4.74 Å². The molecule has 1 heterocycles. The highest BCUT2D eigenvalue weighted by Gasteiger charge is 2.16. The van der Waals surface area contributed by atoms with Gasteiger partial charge in [0.2, 0.25) is 5.88 Å². The van der Waals surface area contributed by atoms with Crippen LogP contribution >= 0.6 is 12.2 Å². The van der Waals surface area contributed by atoms with Gasteiger partial charge in [0.15, 0.2) is 0 Å². The third kappa shape index (κ3) is 2.92. The number of nitrogens with two attached hydrogens (primary N) is 1. The number of hydrogen-bond acceptors (Lipinski definition) is 3. The van der Waals surface area contributed by atoms with Gasteiger partial charge in [-0.05, 0) is 18.4 Å². The summed E-state index contributed by atoms with van der Waals surface area (Å²) >= 11 is 4.85. The lowest BCUT2D eigenvalue weighted by Gasteiger charge is -2.24. The summed E-state index contributed by atoms with van der Waals surface area (Å²) in [6.07, 6.45) is 6.89. The maximum absolute atomic E-state index is 5.55. The van der Waals surface area contributed by atoms with Crippen LogP contribution in [-0.4, -0.2) is 16.6 Å². The molecule has 0 bridgehead atoms. The first-order chi connectivity index (χ1) is 7.75. The van der Waals surface area contributed by atoms with Crippen LogP contribution in [0.3, 0.4) is 0 Å². The van der Waals surface area contributed by atoms with E-state index in [0.717, 1.165) is 24.5 Å². The zero-order valence-electron chi connectivity index (χ0n) is 9.19. The van der Waals surface area contributed by atoms with Crippen LogP contribution in [0.15, 0.2) is 18.3 Å². The maximum atomic E-state index is 5.55. The van der Waals surface area contributed by atoms with Gasteiger partial charge >= 0.3 is 0 Å². The van der Waals surface area contributed by atoms with Crippen LogP contribution in [0, 0.1) is 5.92 Å². The standard InChI is InChI=1S/C12H16N2OS/c13-12(16)10-4-5-11(14-8-10)15-7-6-9-2-1-3-9/h4-5,8-9H,1-3,6-7H2,(H2,13,16). The first-order valence-corrected chi connectivity index (χ1v) is 6.05. The molecule has 4 heteroatoms. The number of thiocarbonyl (C=S) groups is 1. The van der Waals surface area contributed by atoms with Crippen molar-refractivity contribution >= 4 is 17.2 Å². The first kappa shape index (κ1) is 11.3. The van der Waals surface area contributed by atoms with Crippen molar-refractivity contribution in [1.82, 2.24) is 4.98 Å². The van der Waals surface area contributed by atoms with E-state index in [0.29, 0.717) is 10.9 Å². The Labute approximate surface area is 101 Å². The van der Waals surface area contributed by atoms with E-state index in [-0.39, 0.29) is 0 Å². The van der Waals surface area contributed by atoms with Crippen molar-refractivity contribution in [2.75, 3.05) is 6.61 Å². The van der Waals surface area contributed by atoms with Crippen molar-refractivity contribution in [3.8, 4) is 5.88 Å². The lowest BCUT2D eigenvalue weighted by molar-refractivity contribution is 0.217. The molecule has 0 spiro atoms. The van der Waals surface area contributed by atoms with Gasteiger partial charge in [0.1, 0.15) is 4.99 Å². The Morgan fingerprint density at radius 3 is 2.81 bits per heavy atom. The minimum Gasteiger partial charge on any atom is -0.478 e. The Morgan fingerprint density at radius 2 is 2.31 bits per heavy atom. The summed E-state index contributed by atoms with van der Waals surface area (Å²) in [5.74, 6) is 1.52. The molecule has 1 aromatic heterocycles. The lowest BCUT2D eigenvalue weighted by atomic mass is 9.83. The highest BCUT2D eigenvalue weighted by Crippen LogP contribution is 2.29. The largest absolute Gasteiger partial charge is 0.478 e. The molecule has 3 nitrogen and oxygen atoms in total. The van der Waals surface area contributed by atoms with Gasteiger partial charge in [-0.25, -0.2) is 4.98 Å². The average molecular weight is 236 g/mol. The molecule has 86 valence electrons. The fourth-order valence-electron chi connectivity index (χ4n) is 1.72. The Morgan fingerprint density at radius 1 is 1.50 bits per heavy atom. The molecule has 1 aliphatic carbocycles. The van der Waals surface area contributed by atoms with Gasteiger partial charge < -0.3 is 10.5 Å². The second kappa shape index (κ2) is 5.25. The highest BCUT2D eigenvalue weighted by molar-refractivity contribution is 7.80. The number of aromatic nitrogens is 1. The van der Waals surface area contributed by atoms with Crippen molar-refractivity contribution in [1.29, 1.82) is 0 Å². The minimum atomic E-state index is 0.369. The van der Waals surface area contributed by atoms with Gasteiger partial charge in [0.25, 0.3) is 0 Å². The Bertz CT molecular complexity index is 360. The molecular formula is C12H16N2OS. The SMILES string of the molecule is NC(=S)c1ccc(OCCC2CCC2)nc1. The summed E-state index contributed by atoms with van der Waals surface area (Å²) in [4.78, 5) is 4.52. The van der Waals surface area contributed by atoms with Gasteiger partial charge in [-0.3, -0.25) is 0 Å². The van der Waals surface area contributed by atoms with Crippen LogP contribution in [0.1, 0.15) is 31.2 Å². The molecule has 0 aliphatic heterocycles. The average Bonchev–Trinajstić information content (AvgIpc) is 2.22. The lowest BCUT2D eigenvalue weighted by Crippen LogP contribution is -2.15. The molecule has 0 atom stereocenters. The highest BCUT2D eigenvalue weighted by atomic mass is 32.1. The predicted molar refractivity (Wildman–Crippen MR) is 67.6 cm³/mol. The second-order valence-corrected chi connectivity index (χ2v) is 4.62. The predicted octanol–water partition coefficient (Wildman–Crippen LogP) is 2.28. The van der Waals surface area contributed by atoms with Crippen LogP contribution in [0.25, 0.3) is 0 Å². The van der Waals surface area contributed by atoms with E-state index >= 15 is 0 Å². The topological polar surface area (TPSA) is 48.1 Å². The smallest absolute Gasteiger partial charge is 0.213 e. The second-order valence-electron chi connectivity index (χ2n) is 4.18. The molecule has 0 saturated heterocycles. The zero-order chi connectivity index (χ0) is 11.4. The van der Waals surface area contributed by atoms with Crippen LogP contribution < -0.4 is 10.5 Å². The summed E-state index contributed by atoms with van der Waals surface area (Å²) in [5, 5.41) is 0. The van der Waals surface area contributed by atoms with E-state index in [2.05, 4.69) is 4.98 Å². The molecule has 1 aliphatic rings. The molecule has 1 saturated carbocycles. The van der Waals surface area contributed by atoms with Crippen LogP contribution in [-0.2, 0) is 0 Å². The van der Waals surface area contributed by atoms with Gasteiger partial charge in [0, 0.05) is 17.8 Å². The molecule has 1 fully saturated rings. The summed E-state index contributed by atoms with van der Waals surface area (Å²) in [5.41, 5.74) is 6.26. The van der Waals surface area contributed by atoms with Crippen LogP contribution in [0.5, 0.6) is 5.88 Å². The van der Waals surface area contributed by atoms with Crippen molar-refractivity contribution in [2.24, 2.45) is 11.7 Å². The van der Waals surface area contributed by atoms with Gasteiger partial charge in [-0.15, -0.1) is 0 Å². The zero-order valence-corrected chi connectivity index (χ0v) is 10.0. The fraction of sp³-hybridized carbons (Fsp3) is 0.500. The molecule has 16 heavy (non-hydrogen) atoms. The molecule has 0 radical (unpaired) electrons. The van der Waals surface area contributed by atoms with Gasteiger partial charge in [0.05, 0.1) is 6.61 Å². The number of rotatable bonds is 5. The number of hydrogen-bond donors (Lipinski definition) is 1. The summed E-state index contributed by atoms with van der Waals surface area (Å²) in [6, 6.07) is 3.66. The van der Waals surface area contributed by atoms with E-state index < -0.39 is 0 Å². The quantitative estimate of drug-likeness (QED) is 0.797. The summed E-state index contributed by atoms with van der Waals surface area (Å²) in [7, 11) is 0. The van der Waals surface area contributed by atoms with E-state index in [1.807, 2.05) is 12.1 Å². The van der Waals surface area contributed by atoms with E-state index in [1.54, 1.807) is 6.20 Å². The van der Waals surface area contributed by atoms with E-state index in [4.69, 9.17) is 22.7 Å². The third-order valence-corrected chi connectivity index (χ3v) is 3.26. The van der Waals surface area contributed by atoms with Crippen molar-refractivity contribution in [3.05, 3.63) is 23.9 Å². The molecule has 0 aromatic carbocycles. The number of nitrogens with zero attached hydrogens (tertiary/aromatic N) is 1. The summed E-state index contributed by atoms with van der Waals surface area (Å²) in [6.45, 7) is 0.754. The molecule has 0 unspecified atom stereocenters. The van der Waals surface area contributed by atoms with Crippen molar-refractivity contribution in [2.45, 2.75) is 25.7 Å². The molecule has 2 N–H and O–H groups in total. The van der Waals surface area contributed by atoms with E-state index in [9.17, 15) is 0 Å². The molecular weight excluding hydrogens is 220 g/mol. The molecule has 0 amide bonds. The van der Waals surface area contributed by atoms with Crippen molar-refractivity contribution in [3.63, 3.8) is 0 Å². The molecule has 2 rings (SSSR count). The first-order valence-electron chi connectivity index (χ1n) is 5.64. The third-order valence-electron chi connectivity index (χ3n) is 3.02. The number of ether oxygens (including phenoxy) is 1. The van der Waals surface area contributed by atoms with Crippen LogP contribution in [0.2, 0.25) is 0 Å². The maximum Gasteiger partial charge on any atom is 0.213 e. The Kier molecular flexibility index (Phi) is 3.72. The fourth-order valence-corrected chi connectivity index (χ4v) is 1.84. The Hall–Kier alpha value is -1.16. The van der Waals surface area contributed by atoms with Gasteiger partial charge in [-0.2, -0.15) is 0 Å². The summed E-state index contributed by atoms with van der Waals surface area (Å²) < 4.78 is 5.55. The molecule has 1 aromatic rings. The van der Waals surface area contributed by atoms with Crippen LogP contribution in [0.4, 0.5) is 0 Å². The van der Waals surface area contributed by atoms with Gasteiger partial charge in [-0.1, -0.05) is 31.5 Å². The normalized spacial score (nSPS) is 15.5.